The van der Waals surface area contributed by atoms with Crippen LogP contribution in [0.25, 0.3) is 0 Å². The van der Waals surface area contributed by atoms with Crippen LogP contribution in [0.5, 0.6) is 0 Å². The standard InChI is InChI=1S/C17H22N2O4S/c1-4-22-15(20)17(16(21)23-5-2)11-18(3)12-19(14(17)24)13-9-7-6-8-10-13/h6-10H,4-5,11-12H2,1-3H3. The van der Waals surface area contributed by atoms with Crippen molar-refractivity contribution >= 4 is 34.8 Å². The molecule has 1 aliphatic heterocycles. The molecule has 0 unspecified atom stereocenters. The van der Waals surface area contributed by atoms with E-state index in [9.17, 15) is 9.59 Å². The van der Waals surface area contributed by atoms with Crippen molar-refractivity contribution in [1.29, 1.82) is 0 Å². The Hall–Kier alpha value is -1.99. The molecule has 7 heteroatoms. The summed E-state index contributed by atoms with van der Waals surface area (Å²) < 4.78 is 10.3. The minimum atomic E-state index is -1.63. The van der Waals surface area contributed by atoms with Crippen molar-refractivity contribution in [3.63, 3.8) is 0 Å². The van der Waals surface area contributed by atoms with Gasteiger partial charge in [-0.3, -0.25) is 14.5 Å². The first-order chi connectivity index (χ1) is 11.5. The third-order valence-corrected chi connectivity index (χ3v) is 4.38. The third-order valence-electron chi connectivity index (χ3n) is 3.82. The molecule has 24 heavy (non-hydrogen) atoms. The molecule has 0 saturated carbocycles. The molecular weight excluding hydrogens is 328 g/mol. The first-order valence-electron chi connectivity index (χ1n) is 7.87. The Morgan fingerprint density at radius 2 is 1.67 bits per heavy atom. The van der Waals surface area contributed by atoms with Crippen LogP contribution >= 0.6 is 12.2 Å². The first kappa shape index (κ1) is 18.4. The zero-order chi connectivity index (χ0) is 17.7. The lowest BCUT2D eigenvalue weighted by molar-refractivity contribution is -0.167. The number of ether oxygens (including phenoxy) is 2. The summed E-state index contributed by atoms with van der Waals surface area (Å²) in [5.41, 5.74) is -0.823. The van der Waals surface area contributed by atoms with Crippen molar-refractivity contribution in [2.45, 2.75) is 13.8 Å². The van der Waals surface area contributed by atoms with E-state index in [1.54, 1.807) is 18.7 Å². The van der Waals surface area contributed by atoms with Gasteiger partial charge in [-0.15, -0.1) is 0 Å². The number of rotatable bonds is 5. The lowest BCUT2D eigenvalue weighted by Crippen LogP contribution is -2.65. The largest absolute Gasteiger partial charge is 0.465 e. The second-order valence-corrected chi connectivity index (χ2v) is 5.96. The maximum absolute atomic E-state index is 12.7. The van der Waals surface area contributed by atoms with Crippen molar-refractivity contribution in [3.8, 4) is 0 Å². The maximum atomic E-state index is 12.7. The maximum Gasteiger partial charge on any atom is 0.331 e. The molecule has 0 N–H and O–H groups in total. The number of esters is 2. The van der Waals surface area contributed by atoms with Gasteiger partial charge in [0.05, 0.1) is 19.9 Å². The van der Waals surface area contributed by atoms with Crippen LogP contribution in [0.15, 0.2) is 30.3 Å². The zero-order valence-electron chi connectivity index (χ0n) is 14.2. The Morgan fingerprint density at radius 1 is 1.12 bits per heavy atom. The minimum absolute atomic E-state index is 0.132. The van der Waals surface area contributed by atoms with Crippen LogP contribution in [0, 0.1) is 5.41 Å². The van der Waals surface area contributed by atoms with Crippen molar-refractivity contribution < 1.29 is 19.1 Å². The highest BCUT2D eigenvalue weighted by Crippen LogP contribution is 2.34. The van der Waals surface area contributed by atoms with Crippen LogP contribution in [0.2, 0.25) is 0 Å². The van der Waals surface area contributed by atoms with Gasteiger partial charge in [0.15, 0.2) is 0 Å². The summed E-state index contributed by atoms with van der Waals surface area (Å²) in [5, 5.41) is 0. The zero-order valence-corrected chi connectivity index (χ0v) is 15.0. The third kappa shape index (κ3) is 3.27. The van der Waals surface area contributed by atoms with Crippen molar-refractivity contribution in [2.24, 2.45) is 5.41 Å². The van der Waals surface area contributed by atoms with E-state index < -0.39 is 17.4 Å². The molecule has 0 atom stereocenters. The molecule has 0 radical (unpaired) electrons. The lowest BCUT2D eigenvalue weighted by atomic mass is 9.84. The van der Waals surface area contributed by atoms with Gasteiger partial charge >= 0.3 is 11.9 Å². The van der Waals surface area contributed by atoms with Gasteiger partial charge in [-0.05, 0) is 33.0 Å². The molecule has 0 bridgehead atoms. The van der Waals surface area contributed by atoms with Gasteiger partial charge < -0.3 is 14.4 Å². The monoisotopic (exact) mass is 350 g/mol. The van der Waals surface area contributed by atoms with E-state index in [0.29, 0.717) is 6.67 Å². The SMILES string of the molecule is CCOC(=O)C1(C(=O)OCC)CN(C)CN(c2ccccc2)C1=S. The quantitative estimate of drug-likeness (QED) is 0.456. The molecule has 0 spiro atoms. The van der Waals surface area contributed by atoms with Gasteiger partial charge in [0, 0.05) is 12.2 Å². The van der Waals surface area contributed by atoms with Crippen molar-refractivity contribution in [2.75, 3.05) is 38.4 Å². The molecule has 0 aliphatic carbocycles. The Bertz CT molecular complexity index is 602. The Morgan fingerprint density at radius 3 is 2.17 bits per heavy atom. The molecule has 1 aromatic carbocycles. The van der Waals surface area contributed by atoms with E-state index in [1.165, 1.54) is 0 Å². The van der Waals surface area contributed by atoms with E-state index in [-0.39, 0.29) is 24.7 Å². The number of para-hydroxylation sites is 1. The van der Waals surface area contributed by atoms with Crippen LogP contribution in [0.4, 0.5) is 5.69 Å². The number of hydrogen-bond acceptors (Lipinski definition) is 6. The predicted octanol–water partition coefficient (Wildman–Crippen LogP) is 1.84. The number of nitrogens with zero attached hydrogens (tertiary/aromatic N) is 2. The molecule has 1 fully saturated rings. The molecule has 1 heterocycles. The number of benzene rings is 1. The Labute approximate surface area is 147 Å². The number of thiocarbonyl (C=S) groups is 1. The topological polar surface area (TPSA) is 59.1 Å². The molecule has 130 valence electrons. The molecule has 0 amide bonds. The molecule has 2 rings (SSSR count). The van der Waals surface area contributed by atoms with E-state index in [2.05, 4.69) is 0 Å². The highest BCUT2D eigenvalue weighted by atomic mass is 32.1. The fraction of sp³-hybridized carbons (Fsp3) is 0.471. The van der Waals surface area contributed by atoms with E-state index in [0.717, 1.165) is 5.69 Å². The van der Waals surface area contributed by atoms with Crippen LogP contribution < -0.4 is 4.90 Å². The van der Waals surface area contributed by atoms with Crippen molar-refractivity contribution in [1.82, 2.24) is 4.90 Å². The number of carbonyl (C=O) groups excluding carboxylic acids is 2. The van der Waals surface area contributed by atoms with E-state index in [4.69, 9.17) is 21.7 Å². The predicted molar refractivity (Wildman–Crippen MR) is 94.7 cm³/mol. The number of hydrogen-bond donors (Lipinski definition) is 0. The minimum Gasteiger partial charge on any atom is -0.465 e. The van der Waals surface area contributed by atoms with Gasteiger partial charge in [-0.2, -0.15) is 0 Å². The van der Waals surface area contributed by atoms with Crippen LogP contribution in [-0.4, -0.2) is 55.3 Å². The molecule has 1 aromatic rings. The second-order valence-electron chi connectivity index (χ2n) is 5.57. The summed E-state index contributed by atoms with van der Waals surface area (Å²) in [6.45, 7) is 4.33. The average molecular weight is 350 g/mol. The first-order valence-corrected chi connectivity index (χ1v) is 8.28. The van der Waals surface area contributed by atoms with Gasteiger partial charge in [0.2, 0.25) is 5.41 Å². The summed E-state index contributed by atoms with van der Waals surface area (Å²) in [6, 6.07) is 9.41. The Balaban J connectivity index is 2.49. The number of anilines is 1. The number of carbonyl (C=O) groups is 2. The van der Waals surface area contributed by atoms with Crippen LogP contribution in [-0.2, 0) is 19.1 Å². The summed E-state index contributed by atoms with van der Waals surface area (Å²) in [7, 11) is 1.82. The van der Waals surface area contributed by atoms with Crippen LogP contribution in [0.3, 0.4) is 0 Å². The fourth-order valence-corrected chi connectivity index (χ4v) is 3.16. The molecular formula is C17H22N2O4S. The summed E-state index contributed by atoms with van der Waals surface area (Å²) in [6.07, 6.45) is 0. The molecule has 0 aromatic heterocycles. The average Bonchev–Trinajstić information content (AvgIpc) is 2.57. The molecule has 6 nitrogen and oxygen atoms in total. The fourth-order valence-electron chi connectivity index (χ4n) is 2.76. The normalized spacial score (nSPS) is 17.5. The van der Waals surface area contributed by atoms with Gasteiger partial charge in [-0.25, -0.2) is 0 Å². The van der Waals surface area contributed by atoms with E-state index in [1.807, 2.05) is 42.3 Å². The molecule has 1 saturated heterocycles. The highest BCUT2D eigenvalue weighted by molar-refractivity contribution is 7.80. The van der Waals surface area contributed by atoms with Crippen molar-refractivity contribution in [3.05, 3.63) is 30.3 Å². The summed E-state index contributed by atoms with van der Waals surface area (Å²) in [4.78, 5) is 29.3. The highest BCUT2D eigenvalue weighted by Gasteiger charge is 2.57. The second kappa shape index (κ2) is 7.72. The smallest absolute Gasteiger partial charge is 0.331 e. The van der Waals surface area contributed by atoms with Gasteiger partial charge in [-0.1, -0.05) is 30.4 Å². The van der Waals surface area contributed by atoms with E-state index >= 15 is 0 Å². The lowest BCUT2D eigenvalue weighted by Gasteiger charge is -2.44. The van der Waals surface area contributed by atoms with Gasteiger partial charge in [0.25, 0.3) is 0 Å². The van der Waals surface area contributed by atoms with Crippen LogP contribution in [0.1, 0.15) is 13.8 Å². The van der Waals surface area contributed by atoms with Gasteiger partial charge in [0.1, 0.15) is 4.99 Å². The molecule has 1 aliphatic rings. The summed E-state index contributed by atoms with van der Waals surface area (Å²) >= 11 is 5.57. The summed E-state index contributed by atoms with van der Waals surface area (Å²) in [5.74, 6) is -1.33. The Kier molecular flexibility index (Phi) is 5.90.